The SMILES string of the molecule is CCNc1ncnc(Nc2c(F)cccc2F)c1C(C)C. The lowest BCUT2D eigenvalue weighted by Crippen LogP contribution is -2.10. The molecule has 1 aromatic carbocycles. The second-order valence-electron chi connectivity index (χ2n) is 4.89. The van der Waals surface area contributed by atoms with Gasteiger partial charge in [-0.1, -0.05) is 19.9 Å². The Hall–Kier alpha value is -2.24. The van der Waals surface area contributed by atoms with E-state index in [1.54, 1.807) is 0 Å². The van der Waals surface area contributed by atoms with E-state index >= 15 is 0 Å². The number of benzene rings is 1. The smallest absolute Gasteiger partial charge is 0.149 e. The van der Waals surface area contributed by atoms with Gasteiger partial charge in [0.2, 0.25) is 0 Å². The molecule has 4 nitrogen and oxygen atoms in total. The summed E-state index contributed by atoms with van der Waals surface area (Å²) < 4.78 is 27.5. The highest BCUT2D eigenvalue weighted by Gasteiger charge is 2.17. The molecule has 0 aliphatic heterocycles. The molecule has 0 aliphatic carbocycles. The number of para-hydroxylation sites is 1. The van der Waals surface area contributed by atoms with Gasteiger partial charge in [0.15, 0.2) is 0 Å². The van der Waals surface area contributed by atoms with Crippen molar-refractivity contribution < 1.29 is 8.78 Å². The second-order valence-corrected chi connectivity index (χ2v) is 4.89. The summed E-state index contributed by atoms with van der Waals surface area (Å²) in [6.45, 7) is 6.60. The number of nitrogens with one attached hydrogen (secondary N) is 2. The molecule has 1 heterocycles. The van der Waals surface area contributed by atoms with Crippen LogP contribution in [0, 0.1) is 11.6 Å². The van der Waals surface area contributed by atoms with Gasteiger partial charge in [0.25, 0.3) is 0 Å². The van der Waals surface area contributed by atoms with Crippen LogP contribution in [0.2, 0.25) is 0 Å². The number of hydrogen-bond donors (Lipinski definition) is 2. The van der Waals surface area contributed by atoms with E-state index in [4.69, 9.17) is 0 Å². The highest BCUT2D eigenvalue weighted by atomic mass is 19.1. The van der Waals surface area contributed by atoms with E-state index in [-0.39, 0.29) is 11.6 Å². The Balaban J connectivity index is 2.47. The van der Waals surface area contributed by atoms with Crippen molar-refractivity contribution in [3.8, 4) is 0 Å². The molecule has 0 saturated heterocycles. The van der Waals surface area contributed by atoms with Gasteiger partial charge in [-0.05, 0) is 25.0 Å². The Bertz CT molecular complexity index is 609. The molecule has 6 heteroatoms. The molecule has 0 amide bonds. The molecule has 0 bridgehead atoms. The summed E-state index contributed by atoms with van der Waals surface area (Å²) in [5.41, 5.74) is 0.586. The van der Waals surface area contributed by atoms with Crippen LogP contribution in [0.5, 0.6) is 0 Å². The molecule has 0 unspecified atom stereocenters. The molecular weight excluding hydrogens is 274 g/mol. The van der Waals surface area contributed by atoms with Crippen LogP contribution < -0.4 is 10.6 Å². The number of anilines is 3. The van der Waals surface area contributed by atoms with Crippen LogP contribution >= 0.6 is 0 Å². The van der Waals surface area contributed by atoms with Crippen molar-refractivity contribution in [2.75, 3.05) is 17.2 Å². The third-order valence-corrected chi connectivity index (χ3v) is 3.01. The van der Waals surface area contributed by atoms with Gasteiger partial charge in [0, 0.05) is 12.1 Å². The maximum Gasteiger partial charge on any atom is 0.149 e. The summed E-state index contributed by atoms with van der Waals surface area (Å²) in [4.78, 5) is 8.31. The van der Waals surface area contributed by atoms with Gasteiger partial charge in [-0.25, -0.2) is 18.7 Å². The normalized spacial score (nSPS) is 10.8. The average molecular weight is 292 g/mol. The van der Waals surface area contributed by atoms with E-state index in [2.05, 4.69) is 20.6 Å². The molecular formula is C15H18F2N4. The minimum absolute atomic E-state index is 0.0950. The first kappa shape index (κ1) is 15.2. The van der Waals surface area contributed by atoms with Crippen LogP contribution in [0.1, 0.15) is 32.3 Å². The maximum absolute atomic E-state index is 13.8. The third kappa shape index (κ3) is 3.26. The van der Waals surface area contributed by atoms with Crippen LogP contribution in [0.3, 0.4) is 0 Å². The summed E-state index contributed by atoms with van der Waals surface area (Å²) >= 11 is 0. The maximum atomic E-state index is 13.8. The topological polar surface area (TPSA) is 49.8 Å². The quantitative estimate of drug-likeness (QED) is 0.872. The van der Waals surface area contributed by atoms with Crippen molar-refractivity contribution in [1.29, 1.82) is 0 Å². The van der Waals surface area contributed by atoms with Crippen LogP contribution in [0.15, 0.2) is 24.5 Å². The zero-order valence-corrected chi connectivity index (χ0v) is 12.2. The van der Waals surface area contributed by atoms with Gasteiger partial charge in [-0.2, -0.15) is 0 Å². The predicted octanol–water partition coefficient (Wildman–Crippen LogP) is 4.05. The molecule has 112 valence electrons. The summed E-state index contributed by atoms with van der Waals surface area (Å²) in [5.74, 6) is -0.152. The molecule has 0 radical (unpaired) electrons. The summed E-state index contributed by atoms with van der Waals surface area (Å²) in [6.07, 6.45) is 1.37. The molecule has 2 aromatic rings. The van der Waals surface area contributed by atoms with Crippen LogP contribution in [-0.4, -0.2) is 16.5 Å². The zero-order chi connectivity index (χ0) is 15.4. The van der Waals surface area contributed by atoms with E-state index in [0.717, 1.165) is 5.56 Å². The van der Waals surface area contributed by atoms with Gasteiger partial charge >= 0.3 is 0 Å². The molecule has 0 spiro atoms. The highest BCUT2D eigenvalue weighted by Crippen LogP contribution is 2.31. The number of nitrogens with zero attached hydrogens (tertiary/aromatic N) is 2. The lowest BCUT2D eigenvalue weighted by molar-refractivity contribution is 0.590. The van der Waals surface area contributed by atoms with E-state index in [0.29, 0.717) is 18.2 Å². The zero-order valence-electron chi connectivity index (χ0n) is 12.2. The van der Waals surface area contributed by atoms with Crippen molar-refractivity contribution in [3.05, 3.63) is 41.7 Å². The van der Waals surface area contributed by atoms with Crippen molar-refractivity contribution in [2.45, 2.75) is 26.7 Å². The second kappa shape index (κ2) is 6.47. The molecule has 0 atom stereocenters. The fourth-order valence-corrected chi connectivity index (χ4v) is 2.09. The highest BCUT2D eigenvalue weighted by molar-refractivity contribution is 5.66. The van der Waals surface area contributed by atoms with E-state index in [9.17, 15) is 8.78 Å². The largest absolute Gasteiger partial charge is 0.370 e. The van der Waals surface area contributed by atoms with Crippen molar-refractivity contribution in [1.82, 2.24) is 9.97 Å². The third-order valence-electron chi connectivity index (χ3n) is 3.01. The first-order chi connectivity index (χ1) is 10.0. The minimum Gasteiger partial charge on any atom is -0.370 e. The number of rotatable bonds is 5. The summed E-state index contributed by atoms with van der Waals surface area (Å²) in [6, 6.07) is 3.73. The molecule has 2 N–H and O–H groups in total. The van der Waals surface area contributed by atoms with Gasteiger partial charge < -0.3 is 10.6 Å². The minimum atomic E-state index is -0.659. The predicted molar refractivity (Wildman–Crippen MR) is 79.9 cm³/mol. The van der Waals surface area contributed by atoms with E-state index in [1.807, 2.05) is 20.8 Å². The Kier molecular flexibility index (Phi) is 4.67. The fourth-order valence-electron chi connectivity index (χ4n) is 2.09. The standard InChI is InChI=1S/C15H18F2N4/c1-4-18-14-12(9(2)3)15(20-8-19-14)21-13-10(16)6-5-7-11(13)17/h5-9H,4H2,1-3H3,(H2,18,19,20,21). The van der Waals surface area contributed by atoms with Crippen LogP contribution in [-0.2, 0) is 0 Å². The number of halogens is 2. The lowest BCUT2D eigenvalue weighted by Gasteiger charge is -2.17. The molecule has 21 heavy (non-hydrogen) atoms. The van der Waals surface area contributed by atoms with Gasteiger partial charge in [-0.3, -0.25) is 0 Å². The van der Waals surface area contributed by atoms with E-state index in [1.165, 1.54) is 24.5 Å². The molecule has 0 saturated carbocycles. The lowest BCUT2D eigenvalue weighted by atomic mass is 10.0. The fraction of sp³-hybridized carbons (Fsp3) is 0.333. The summed E-state index contributed by atoms with van der Waals surface area (Å²) in [7, 11) is 0. The Morgan fingerprint density at radius 2 is 1.71 bits per heavy atom. The molecule has 2 rings (SSSR count). The summed E-state index contributed by atoms with van der Waals surface area (Å²) in [5, 5.41) is 5.88. The first-order valence-electron chi connectivity index (χ1n) is 6.84. The van der Waals surface area contributed by atoms with Gasteiger partial charge in [0.05, 0.1) is 0 Å². The van der Waals surface area contributed by atoms with Crippen molar-refractivity contribution >= 4 is 17.3 Å². The van der Waals surface area contributed by atoms with Crippen LogP contribution in [0.25, 0.3) is 0 Å². The van der Waals surface area contributed by atoms with Gasteiger partial charge in [-0.15, -0.1) is 0 Å². The number of aromatic nitrogens is 2. The first-order valence-corrected chi connectivity index (χ1v) is 6.84. The Labute approximate surface area is 122 Å². The Morgan fingerprint density at radius 1 is 1.10 bits per heavy atom. The Morgan fingerprint density at radius 3 is 2.29 bits per heavy atom. The van der Waals surface area contributed by atoms with Crippen molar-refractivity contribution in [3.63, 3.8) is 0 Å². The van der Waals surface area contributed by atoms with E-state index < -0.39 is 11.6 Å². The number of hydrogen-bond acceptors (Lipinski definition) is 4. The van der Waals surface area contributed by atoms with Crippen molar-refractivity contribution in [2.24, 2.45) is 0 Å². The molecule has 0 aliphatic rings. The molecule has 1 aromatic heterocycles. The molecule has 0 fully saturated rings. The average Bonchev–Trinajstić information content (AvgIpc) is 2.43. The van der Waals surface area contributed by atoms with Gasteiger partial charge in [0.1, 0.15) is 35.3 Å². The monoisotopic (exact) mass is 292 g/mol. The van der Waals surface area contributed by atoms with Crippen LogP contribution in [0.4, 0.5) is 26.1 Å².